The Morgan fingerprint density at radius 3 is 2.48 bits per heavy atom. The van der Waals surface area contributed by atoms with Crippen LogP contribution in [0.15, 0.2) is 28.7 Å². The molecule has 10 heteroatoms. The lowest BCUT2D eigenvalue weighted by Gasteiger charge is -2.13. The zero-order chi connectivity index (χ0) is 20.4. The molecule has 0 unspecified atom stereocenters. The normalized spacial score (nSPS) is 11.0. The zero-order valence-electron chi connectivity index (χ0n) is 15.2. The minimum Gasteiger partial charge on any atom is -0.465 e. The summed E-state index contributed by atoms with van der Waals surface area (Å²) in [6.45, 7) is 7.65. The second-order valence-electron chi connectivity index (χ2n) is 6.79. The first-order valence-electron chi connectivity index (χ1n) is 7.91. The number of benzene rings is 1. The summed E-state index contributed by atoms with van der Waals surface area (Å²) in [4.78, 5) is 22.6. The van der Waals surface area contributed by atoms with Gasteiger partial charge in [0.25, 0.3) is 11.6 Å². The van der Waals surface area contributed by atoms with Gasteiger partial charge in [-0.15, -0.1) is 0 Å². The molecule has 0 bridgehead atoms. The summed E-state index contributed by atoms with van der Waals surface area (Å²) >= 11 is 10.8. The fourth-order valence-electron chi connectivity index (χ4n) is 2.15. The van der Waals surface area contributed by atoms with Crippen LogP contribution in [0.2, 0.25) is 5.02 Å². The third-order valence-electron chi connectivity index (χ3n) is 3.59. The van der Waals surface area contributed by atoms with Gasteiger partial charge in [0.05, 0.1) is 10.5 Å². The number of nitrogens with zero attached hydrogens (tertiary/aromatic N) is 1. The van der Waals surface area contributed by atoms with Gasteiger partial charge in [-0.25, -0.2) is 0 Å². The fraction of sp³-hybridized carbons (Fsp3) is 0.294. The molecule has 0 spiro atoms. The molecule has 0 aliphatic carbocycles. The molecule has 0 saturated carbocycles. The molecular weight excluding hydrogens is 392 g/mol. The Morgan fingerprint density at radius 2 is 1.93 bits per heavy atom. The molecule has 8 nitrogen and oxygen atoms in total. The van der Waals surface area contributed by atoms with Crippen molar-refractivity contribution < 1.29 is 14.1 Å². The number of rotatable bonds is 3. The number of anilines is 1. The molecule has 0 fully saturated rings. The molecule has 0 aliphatic heterocycles. The lowest BCUT2D eigenvalue weighted by Crippen LogP contribution is -2.43. The number of halogens is 1. The van der Waals surface area contributed by atoms with Crippen molar-refractivity contribution in [1.29, 1.82) is 0 Å². The number of amides is 1. The average Bonchev–Trinajstić information content (AvgIpc) is 2.96. The van der Waals surface area contributed by atoms with Crippen molar-refractivity contribution in [3.05, 3.63) is 56.5 Å². The molecule has 1 aromatic heterocycles. The van der Waals surface area contributed by atoms with Crippen molar-refractivity contribution in [3.8, 4) is 0 Å². The number of furan rings is 1. The van der Waals surface area contributed by atoms with E-state index in [1.807, 2.05) is 20.8 Å². The van der Waals surface area contributed by atoms with Crippen LogP contribution < -0.4 is 16.2 Å². The molecule has 2 aromatic rings. The predicted octanol–water partition coefficient (Wildman–Crippen LogP) is 4.08. The predicted molar refractivity (Wildman–Crippen MR) is 107 cm³/mol. The first-order valence-corrected chi connectivity index (χ1v) is 8.70. The molecule has 3 N–H and O–H groups in total. The summed E-state index contributed by atoms with van der Waals surface area (Å²) in [5, 5.41) is 13.7. The fourth-order valence-corrected chi connectivity index (χ4v) is 2.51. The number of aryl methyl sites for hydroxylation is 1. The maximum Gasteiger partial charge on any atom is 0.289 e. The number of nitro benzene ring substituents is 1. The number of nitro groups is 1. The number of hydrogen-bond acceptors (Lipinski definition) is 5. The van der Waals surface area contributed by atoms with Gasteiger partial charge in [-0.05, 0) is 37.3 Å². The standard InChI is InChI=1S/C17H19ClN4O4S/c1-9-11(8-14(26-9)17(2,3)4)15(23)20-21-16(27)19-10-5-6-12(18)13(7-10)22(24)25/h5-8H,1-4H3,(H,20,23)(H2,19,21,27). The topological polar surface area (TPSA) is 109 Å². The zero-order valence-corrected chi connectivity index (χ0v) is 16.7. The van der Waals surface area contributed by atoms with Crippen LogP contribution in [0.1, 0.15) is 42.6 Å². The highest BCUT2D eigenvalue weighted by Crippen LogP contribution is 2.28. The number of hydrazine groups is 1. The number of carbonyl (C=O) groups excluding carboxylic acids is 1. The van der Waals surface area contributed by atoms with Crippen molar-refractivity contribution in [3.63, 3.8) is 0 Å². The van der Waals surface area contributed by atoms with Crippen molar-refractivity contribution in [2.75, 3.05) is 5.32 Å². The maximum absolute atomic E-state index is 12.3. The van der Waals surface area contributed by atoms with E-state index >= 15 is 0 Å². The third kappa shape index (κ3) is 5.18. The Labute approximate surface area is 166 Å². The van der Waals surface area contributed by atoms with E-state index < -0.39 is 10.8 Å². The van der Waals surface area contributed by atoms with Gasteiger partial charge in [-0.1, -0.05) is 32.4 Å². The molecule has 0 aliphatic rings. The largest absolute Gasteiger partial charge is 0.465 e. The van der Waals surface area contributed by atoms with E-state index in [-0.39, 0.29) is 21.2 Å². The smallest absolute Gasteiger partial charge is 0.289 e. The lowest BCUT2D eigenvalue weighted by molar-refractivity contribution is -0.384. The van der Waals surface area contributed by atoms with Crippen molar-refractivity contribution in [2.45, 2.75) is 33.1 Å². The van der Waals surface area contributed by atoms with E-state index in [0.29, 0.717) is 22.8 Å². The Kier molecular flexibility index (Phi) is 6.07. The van der Waals surface area contributed by atoms with E-state index in [4.69, 9.17) is 28.2 Å². The maximum atomic E-state index is 12.3. The second kappa shape index (κ2) is 7.93. The SMILES string of the molecule is Cc1oc(C(C)(C)C)cc1C(=O)NNC(=S)Nc1ccc(Cl)c([N+](=O)[O-])c1. The minimum absolute atomic E-state index is 0.0165. The highest BCUT2D eigenvalue weighted by atomic mass is 35.5. The second-order valence-corrected chi connectivity index (χ2v) is 7.60. The summed E-state index contributed by atoms with van der Waals surface area (Å²) < 4.78 is 5.64. The highest BCUT2D eigenvalue weighted by Gasteiger charge is 2.23. The van der Waals surface area contributed by atoms with Crippen molar-refractivity contribution in [2.24, 2.45) is 0 Å². The minimum atomic E-state index is -0.597. The first-order chi connectivity index (χ1) is 12.5. The number of hydrogen-bond donors (Lipinski definition) is 3. The highest BCUT2D eigenvalue weighted by molar-refractivity contribution is 7.80. The Morgan fingerprint density at radius 1 is 1.26 bits per heavy atom. The summed E-state index contributed by atoms with van der Waals surface area (Å²) in [6, 6.07) is 5.84. The van der Waals surface area contributed by atoms with E-state index in [2.05, 4.69) is 16.2 Å². The average molecular weight is 411 g/mol. The van der Waals surface area contributed by atoms with Crippen molar-refractivity contribution >= 4 is 46.2 Å². The molecule has 1 amide bonds. The van der Waals surface area contributed by atoms with Crippen LogP contribution in [0.4, 0.5) is 11.4 Å². The Hall–Kier alpha value is -2.65. The van der Waals surface area contributed by atoms with E-state index in [0.717, 1.165) is 0 Å². The molecule has 0 atom stereocenters. The summed E-state index contributed by atoms with van der Waals surface area (Å²) in [7, 11) is 0. The van der Waals surface area contributed by atoms with Gasteiger partial charge < -0.3 is 9.73 Å². The van der Waals surface area contributed by atoms with Gasteiger partial charge in [0, 0.05) is 17.2 Å². The molecular formula is C17H19ClN4O4S. The van der Waals surface area contributed by atoms with Crippen LogP contribution in [0.25, 0.3) is 0 Å². The van der Waals surface area contributed by atoms with Gasteiger partial charge in [-0.3, -0.25) is 25.8 Å². The summed E-state index contributed by atoms with van der Waals surface area (Å²) in [5.74, 6) is 0.767. The van der Waals surface area contributed by atoms with E-state index in [1.165, 1.54) is 18.2 Å². The van der Waals surface area contributed by atoms with Crippen LogP contribution in [0.3, 0.4) is 0 Å². The Bertz CT molecular complexity index is 905. The van der Waals surface area contributed by atoms with Gasteiger partial charge >= 0.3 is 0 Å². The van der Waals surface area contributed by atoms with Crippen LogP contribution in [-0.2, 0) is 5.41 Å². The van der Waals surface area contributed by atoms with Crippen molar-refractivity contribution in [1.82, 2.24) is 10.9 Å². The molecule has 0 radical (unpaired) electrons. The van der Waals surface area contributed by atoms with E-state index in [9.17, 15) is 14.9 Å². The lowest BCUT2D eigenvalue weighted by atomic mass is 9.93. The van der Waals surface area contributed by atoms with Gasteiger partial charge in [0.15, 0.2) is 5.11 Å². The van der Waals surface area contributed by atoms with Gasteiger partial charge in [-0.2, -0.15) is 0 Å². The number of carbonyl (C=O) groups is 1. The van der Waals surface area contributed by atoms with Crippen LogP contribution in [-0.4, -0.2) is 15.9 Å². The molecule has 144 valence electrons. The van der Waals surface area contributed by atoms with Crippen LogP contribution in [0, 0.1) is 17.0 Å². The molecule has 1 heterocycles. The van der Waals surface area contributed by atoms with Crippen LogP contribution in [0.5, 0.6) is 0 Å². The van der Waals surface area contributed by atoms with Gasteiger partial charge in [0.1, 0.15) is 16.5 Å². The molecule has 0 saturated heterocycles. The van der Waals surface area contributed by atoms with E-state index in [1.54, 1.807) is 13.0 Å². The summed E-state index contributed by atoms with van der Waals surface area (Å²) in [5.41, 5.74) is 5.27. The Balaban J connectivity index is 2.00. The number of thiocarbonyl (C=S) groups is 1. The first kappa shape index (κ1) is 20.7. The molecule has 27 heavy (non-hydrogen) atoms. The quantitative estimate of drug-likeness (QED) is 0.397. The summed E-state index contributed by atoms with van der Waals surface area (Å²) in [6.07, 6.45) is 0. The van der Waals surface area contributed by atoms with Gasteiger partial charge in [0.2, 0.25) is 0 Å². The number of nitrogens with one attached hydrogen (secondary N) is 3. The third-order valence-corrected chi connectivity index (χ3v) is 4.12. The molecule has 2 rings (SSSR count). The monoisotopic (exact) mass is 410 g/mol. The molecule has 1 aromatic carbocycles. The van der Waals surface area contributed by atoms with Crippen LogP contribution >= 0.6 is 23.8 Å².